The maximum atomic E-state index is 12.8. The number of rotatable bonds is 4. The number of carbonyl (C=O) groups is 3. The molecular weight excluding hydrogens is 364 g/mol. The molecule has 1 aliphatic heterocycles. The highest BCUT2D eigenvalue weighted by Crippen LogP contribution is 2.24. The molecule has 0 aromatic heterocycles. The van der Waals surface area contributed by atoms with Gasteiger partial charge in [0.1, 0.15) is 5.57 Å². The van der Waals surface area contributed by atoms with Crippen molar-refractivity contribution in [2.75, 3.05) is 23.9 Å². The number of urea groups is 1. The molecule has 1 fully saturated rings. The van der Waals surface area contributed by atoms with Crippen LogP contribution < -0.4 is 15.1 Å². The first-order chi connectivity index (χ1) is 13.3. The molecule has 0 radical (unpaired) electrons. The van der Waals surface area contributed by atoms with Crippen LogP contribution in [0.15, 0.2) is 54.1 Å². The molecule has 4 amide bonds. The van der Waals surface area contributed by atoms with Gasteiger partial charge in [-0.2, -0.15) is 0 Å². The second-order valence-corrected chi connectivity index (χ2v) is 6.22. The van der Waals surface area contributed by atoms with E-state index in [1.807, 2.05) is 31.1 Å². The molecule has 0 unspecified atom stereocenters. The summed E-state index contributed by atoms with van der Waals surface area (Å²) in [5.74, 6) is -1.61. The number of barbiturate groups is 1. The quantitative estimate of drug-likeness (QED) is 0.377. The second-order valence-electron chi connectivity index (χ2n) is 6.22. The number of nitro groups is 1. The summed E-state index contributed by atoms with van der Waals surface area (Å²) in [6.45, 7) is 0. The lowest BCUT2D eigenvalue weighted by molar-refractivity contribution is -0.384. The highest BCUT2D eigenvalue weighted by molar-refractivity contribution is 6.39. The Balaban J connectivity index is 1.94. The summed E-state index contributed by atoms with van der Waals surface area (Å²) in [5, 5.41) is 12.9. The average molecular weight is 380 g/mol. The number of amides is 4. The zero-order valence-corrected chi connectivity index (χ0v) is 15.1. The molecule has 1 aliphatic rings. The molecule has 9 heteroatoms. The molecule has 3 rings (SSSR count). The minimum Gasteiger partial charge on any atom is -0.378 e. The van der Waals surface area contributed by atoms with Crippen molar-refractivity contribution >= 4 is 41.0 Å². The number of nitro benzene ring substituents is 1. The first kappa shape index (κ1) is 18.8. The normalized spacial score (nSPS) is 15.6. The highest BCUT2D eigenvalue weighted by atomic mass is 16.6. The van der Waals surface area contributed by atoms with Gasteiger partial charge in [0.2, 0.25) is 0 Å². The number of anilines is 2. The Morgan fingerprint density at radius 1 is 1.00 bits per heavy atom. The third kappa shape index (κ3) is 3.58. The van der Waals surface area contributed by atoms with Crippen LogP contribution in [0.5, 0.6) is 0 Å². The van der Waals surface area contributed by atoms with Crippen molar-refractivity contribution in [2.45, 2.75) is 0 Å². The zero-order valence-electron chi connectivity index (χ0n) is 15.1. The van der Waals surface area contributed by atoms with Gasteiger partial charge in [-0.15, -0.1) is 0 Å². The van der Waals surface area contributed by atoms with Gasteiger partial charge in [-0.3, -0.25) is 25.0 Å². The topological polar surface area (TPSA) is 113 Å². The standard InChI is InChI=1S/C19H16N4O5/c1-21(2)13-5-3-12(4-6-13)11-16-17(24)20-19(26)22(18(16)25)14-7-9-15(10-8-14)23(27)28/h3-11H,1-2H3,(H,20,24,26)/b16-11+. The molecule has 0 atom stereocenters. The smallest absolute Gasteiger partial charge is 0.335 e. The van der Waals surface area contributed by atoms with E-state index in [1.165, 1.54) is 30.3 Å². The fourth-order valence-electron chi connectivity index (χ4n) is 2.65. The van der Waals surface area contributed by atoms with Gasteiger partial charge in [0, 0.05) is 31.9 Å². The third-order valence-corrected chi connectivity index (χ3v) is 4.14. The molecule has 0 spiro atoms. The van der Waals surface area contributed by atoms with E-state index in [1.54, 1.807) is 12.1 Å². The Hall–Kier alpha value is -4.01. The van der Waals surface area contributed by atoms with Gasteiger partial charge < -0.3 is 4.90 Å². The number of nitrogens with one attached hydrogen (secondary N) is 1. The summed E-state index contributed by atoms with van der Waals surface area (Å²) < 4.78 is 0. The van der Waals surface area contributed by atoms with Crippen LogP contribution in [0.3, 0.4) is 0 Å². The van der Waals surface area contributed by atoms with E-state index in [0.717, 1.165) is 10.6 Å². The first-order valence-electron chi connectivity index (χ1n) is 8.21. The number of hydrogen-bond acceptors (Lipinski definition) is 6. The first-order valence-corrected chi connectivity index (χ1v) is 8.21. The predicted octanol–water partition coefficient (Wildman–Crippen LogP) is 2.33. The van der Waals surface area contributed by atoms with Crippen LogP contribution >= 0.6 is 0 Å². The fraction of sp³-hybridized carbons (Fsp3) is 0.105. The van der Waals surface area contributed by atoms with Crippen molar-refractivity contribution in [1.29, 1.82) is 0 Å². The van der Waals surface area contributed by atoms with Gasteiger partial charge in [0.05, 0.1) is 10.6 Å². The van der Waals surface area contributed by atoms with E-state index in [2.05, 4.69) is 5.32 Å². The van der Waals surface area contributed by atoms with Crippen LogP contribution in [0.2, 0.25) is 0 Å². The summed E-state index contributed by atoms with van der Waals surface area (Å²) in [5.41, 5.74) is 1.29. The Morgan fingerprint density at radius 3 is 2.14 bits per heavy atom. The number of imide groups is 2. The lowest BCUT2D eigenvalue weighted by Gasteiger charge is -2.26. The molecular formula is C19H16N4O5. The van der Waals surface area contributed by atoms with Crippen molar-refractivity contribution in [2.24, 2.45) is 0 Å². The second kappa shape index (κ2) is 7.31. The van der Waals surface area contributed by atoms with E-state index in [0.29, 0.717) is 5.56 Å². The molecule has 2 aromatic rings. The van der Waals surface area contributed by atoms with Crippen LogP contribution in [-0.4, -0.2) is 36.9 Å². The lowest BCUT2D eigenvalue weighted by atomic mass is 10.1. The maximum absolute atomic E-state index is 12.8. The van der Waals surface area contributed by atoms with Gasteiger partial charge in [-0.05, 0) is 35.9 Å². The van der Waals surface area contributed by atoms with Crippen molar-refractivity contribution in [3.63, 3.8) is 0 Å². The van der Waals surface area contributed by atoms with Gasteiger partial charge in [-0.25, -0.2) is 9.69 Å². The maximum Gasteiger partial charge on any atom is 0.335 e. The summed E-state index contributed by atoms with van der Waals surface area (Å²) in [6, 6.07) is 11.1. The summed E-state index contributed by atoms with van der Waals surface area (Å²) in [7, 11) is 3.78. The summed E-state index contributed by atoms with van der Waals surface area (Å²) >= 11 is 0. The van der Waals surface area contributed by atoms with E-state index in [-0.39, 0.29) is 16.9 Å². The molecule has 9 nitrogen and oxygen atoms in total. The monoisotopic (exact) mass is 380 g/mol. The molecule has 142 valence electrons. The molecule has 1 N–H and O–H groups in total. The summed E-state index contributed by atoms with van der Waals surface area (Å²) in [6.07, 6.45) is 1.39. The Kier molecular flexibility index (Phi) is 4.90. The van der Waals surface area contributed by atoms with Crippen molar-refractivity contribution in [1.82, 2.24) is 5.32 Å². The SMILES string of the molecule is CN(C)c1ccc(/C=C2\C(=O)NC(=O)N(c3ccc([N+](=O)[O-])cc3)C2=O)cc1. The van der Waals surface area contributed by atoms with E-state index < -0.39 is 22.8 Å². The lowest BCUT2D eigenvalue weighted by Crippen LogP contribution is -2.54. The van der Waals surface area contributed by atoms with Crippen LogP contribution in [0.4, 0.5) is 21.9 Å². The highest BCUT2D eigenvalue weighted by Gasteiger charge is 2.36. The van der Waals surface area contributed by atoms with Crippen LogP contribution in [0, 0.1) is 10.1 Å². The Morgan fingerprint density at radius 2 is 1.61 bits per heavy atom. The average Bonchev–Trinajstić information content (AvgIpc) is 2.65. The Labute approximate surface area is 160 Å². The van der Waals surface area contributed by atoms with Gasteiger partial charge in [0.15, 0.2) is 0 Å². The van der Waals surface area contributed by atoms with Crippen molar-refractivity contribution in [3.8, 4) is 0 Å². The third-order valence-electron chi connectivity index (χ3n) is 4.14. The zero-order chi connectivity index (χ0) is 20.4. The number of benzene rings is 2. The number of hydrogen-bond donors (Lipinski definition) is 1. The molecule has 2 aromatic carbocycles. The predicted molar refractivity (Wildman–Crippen MR) is 103 cm³/mol. The van der Waals surface area contributed by atoms with Crippen molar-refractivity contribution < 1.29 is 19.3 Å². The molecule has 0 saturated carbocycles. The molecule has 1 heterocycles. The summed E-state index contributed by atoms with van der Waals surface area (Å²) in [4.78, 5) is 50.0. The minimum atomic E-state index is -0.913. The van der Waals surface area contributed by atoms with Crippen molar-refractivity contribution in [3.05, 3.63) is 69.8 Å². The largest absolute Gasteiger partial charge is 0.378 e. The van der Waals surface area contributed by atoms with E-state index in [9.17, 15) is 24.5 Å². The number of nitrogens with zero attached hydrogens (tertiary/aromatic N) is 3. The van der Waals surface area contributed by atoms with E-state index in [4.69, 9.17) is 0 Å². The Bertz CT molecular complexity index is 994. The molecule has 28 heavy (non-hydrogen) atoms. The van der Waals surface area contributed by atoms with Crippen LogP contribution in [0.25, 0.3) is 6.08 Å². The van der Waals surface area contributed by atoms with Gasteiger partial charge in [0.25, 0.3) is 17.5 Å². The van der Waals surface area contributed by atoms with Gasteiger partial charge >= 0.3 is 6.03 Å². The van der Waals surface area contributed by atoms with Crippen LogP contribution in [-0.2, 0) is 9.59 Å². The molecule has 1 saturated heterocycles. The van der Waals surface area contributed by atoms with Gasteiger partial charge in [-0.1, -0.05) is 12.1 Å². The number of non-ortho nitro benzene ring substituents is 1. The molecule has 0 bridgehead atoms. The fourth-order valence-corrected chi connectivity index (χ4v) is 2.65. The number of carbonyl (C=O) groups excluding carboxylic acids is 3. The minimum absolute atomic E-state index is 0.120. The molecule has 0 aliphatic carbocycles. The van der Waals surface area contributed by atoms with Crippen LogP contribution in [0.1, 0.15) is 5.56 Å². The van der Waals surface area contributed by atoms with E-state index >= 15 is 0 Å².